The van der Waals surface area contributed by atoms with Crippen molar-refractivity contribution in [2.45, 2.75) is 6.18 Å². The second kappa shape index (κ2) is 12.8. The van der Waals surface area contributed by atoms with Crippen LogP contribution in [-0.2, 0) is 18.2 Å². The van der Waals surface area contributed by atoms with Crippen LogP contribution in [0.15, 0.2) is 96.0 Å². The Balaban J connectivity index is 0.000000785. The van der Waals surface area contributed by atoms with Gasteiger partial charge in [0.25, 0.3) is 0 Å². The summed E-state index contributed by atoms with van der Waals surface area (Å²) in [7, 11) is 0. The first kappa shape index (κ1) is 26.1. The number of aliphatic hydroxyl groups excluding tert-OH is 1. The Morgan fingerprint density at radius 3 is 1.74 bits per heavy atom. The Kier molecular flexibility index (Phi) is 10.7. The minimum atomic E-state index is -4.41. The predicted molar refractivity (Wildman–Crippen MR) is 128 cm³/mol. The number of rotatable bonds is 4. The fourth-order valence-corrected chi connectivity index (χ4v) is 2.47. The zero-order valence-corrected chi connectivity index (χ0v) is 22.7. The van der Waals surface area contributed by atoms with Crippen LogP contribution in [0, 0.1) is 0 Å². The van der Waals surface area contributed by atoms with Gasteiger partial charge in [0.05, 0.1) is 17.0 Å². The molecule has 0 heterocycles. The summed E-state index contributed by atoms with van der Waals surface area (Å²) < 4.78 is 38.5. The van der Waals surface area contributed by atoms with Gasteiger partial charge in [0.1, 0.15) is 5.76 Å². The molecule has 0 fully saturated rings. The number of benzene rings is 3. The first-order chi connectivity index (χ1) is 14.7. The van der Waals surface area contributed by atoms with E-state index in [4.69, 9.17) is 0 Å². The zero-order valence-electron chi connectivity index (χ0n) is 15.8. The van der Waals surface area contributed by atoms with E-state index in [1.54, 1.807) is 36.4 Å². The van der Waals surface area contributed by atoms with Gasteiger partial charge in [0.2, 0.25) is 0 Å². The molecule has 0 aliphatic heterocycles. The fraction of sp³-hybridized carbons (Fsp3) is 0.0455. The Morgan fingerprint density at radius 2 is 1.26 bits per heavy atom. The molecule has 0 aromatic heterocycles. The quantitative estimate of drug-likeness (QED) is 0.165. The van der Waals surface area contributed by atoms with Crippen LogP contribution in [0.5, 0.6) is 0 Å². The van der Waals surface area contributed by atoms with Crippen LogP contribution in [0.3, 0.4) is 0 Å². The topological polar surface area (TPSA) is 32.6 Å². The maximum absolute atomic E-state index is 12.8. The monoisotopic (exact) mass is 697 g/mol. The van der Waals surface area contributed by atoms with Crippen LogP contribution < -0.4 is 0 Å². The molecule has 0 atom stereocenters. The molecule has 2 nitrogen and oxygen atoms in total. The van der Waals surface area contributed by atoms with Crippen molar-refractivity contribution in [3.63, 3.8) is 0 Å². The van der Waals surface area contributed by atoms with Crippen molar-refractivity contribution in [1.82, 2.24) is 0 Å². The molecule has 0 amide bonds. The molecule has 0 spiro atoms. The fourth-order valence-electron chi connectivity index (χ4n) is 2.47. The third kappa shape index (κ3) is 9.47. The van der Waals surface area contributed by atoms with Crippen molar-refractivity contribution < 1.29 is 30.3 Å². The van der Waals surface area contributed by atoms with E-state index in [1.165, 1.54) is 18.2 Å². The van der Waals surface area contributed by atoms with Gasteiger partial charge in [-0.25, -0.2) is 4.99 Å². The Bertz CT molecular complexity index is 1010. The normalized spacial score (nSPS) is 12.4. The van der Waals surface area contributed by atoms with Crippen molar-refractivity contribution in [2.24, 2.45) is 4.99 Å². The number of hydrogen-bond acceptors (Lipinski definition) is 2. The average Bonchev–Trinajstić information content (AvgIpc) is 2.74. The zero-order chi connectivity index (χ0) is 22.9. The van der Waals surface area contributed by atoms with Crippen LogP contribution in [0.4, 0.5) is 18.9 Å². The SMILES string of the molecule is O/C(=C\C(=Nc1ccccc1)c1ccc(C(F)(F)F)cc1)c1ccccc1.[Br][Nb]([Br])[Br]. The number of aliphatic hydroxyl groups is 1. The van der Waals surface area contributed by atoms with Gasteiger partial charge in [0.15, 0.2) is 0 Å². The second-order valence-electron chi connectivity index (χ2n) is 5.99. The van der Waals surface area contributed by atoms with Crippen LogP contribution in [0.1, 0.15) is 16.7 Å². The molecule has 0 aliphatic carbocycles. The van der Waals surface area contributed by atoms with Gasteiger partial charge in [0, 0.05) is 17.2 Å². The van der Waals surface area contributed by atoms with Gasteiger partial charge in [-0.1, -0.05) is 60.7 Å². The van der Waals surface area contributed by atoms with Gasteiger partial charge in [-0.05, 0) is 24.3 Å². The number of aliphatic imine (C=N–C) groups is 1. The van der Waals surface area contributed by atoms with E-state index in [1.807, 2.05) is 24.3 Å². The molecule has 3 aromatic rings. The Labute approximate surface area is 203 Å². The van der Waals surface area contributed by atoms with E-state index < -0.39 is 23.8 Å². The minimum absolute atomic E-state index is 0.0230. The predicted octanol–water partition coefficient (Wildman–Crippen LogP) is 8.96. The summed E-state index contributed by atoms with van der Waals surface area (Å²) in [5, 5.41) is 10.4. The Morgan fingerprint density at radius 1 is 0.774 bits per heavy atom. The number of hydrogen-bond donors (Lipinski definition) is 1. The van der Waals surface area contributed by atoms with Gasteiger partial charge >= 0.3 is 57.3 Å². The molecule has 0 aliphatic rings. The Hall–Kier alpha value is -1.16. The van der Waals surface area contributed by atoms with Gasteiger partial charge < -0.3 is 5.11 Å². The summed E-state index contributed by atoms with van der Waals surface area (Å²) in [6, 6.07) is 22.6. The molecule has 3 aromatic carbocycles. The number of nitrogens with zero attached hydrogens (tertiary/aromatic N) is 1. The number of alkyl halides is 3. The summed E-state index contributed by atoms with van der Waals surface area (Å²) in [5.41, 5.74) is 1.31. The molecule has 162 valence electrons. The third-order valence-corrected chi connectivity index (χ3v) is 3.86. The van der Waals surface area contributed by atoms with Crippen LogP contribution in [0.2, 0.25) is 0 Å². The van der Waals surface area contributed by atoms with E-state index in [0.29, 0.717) is 22.5 Å². The molecule has 0 unspecified atom stereocenters. The molecule has 3 rings (SSSR count). The van der Waals surface area contributed by atoms with Gasteiger partial charge in [-0.15, -0.1) is 0 Å². The molecule has 0 radical (unpaired) electrons. The van der Waals surface area contributed by atoms with Gasteiger partial charge in [-0.2, -0.15) is 13.2 Å². The van der Waals surface area contributed by atoms with Crippen molar-refractivity contribution in [1.29, 1.82) is 0 Å². The summed E-state index contributed by atoms with van der Waals surface area (Å²) in [6.07, 6.45) is -2.96. The molecule has 0 bridgehead atoms. The number of para-hydroxylation sites is 1. The van der Waals surface area contributed by atoms with Crippen molar-refractivity contribution >= 4 is 56.2 Å². The molecular formula is C22H16Br3F3NNbO. The summed E-state index contributed by atoms with van der Waals surface area (Å²) in [5.74, 6) is -0.0230. The molecule has 0 saturated carbocycles. The van der Waals surface area contributed by atoms with E-state index in [0.717, 1.165) is 12.1 Å². The molecule has 0 saturated heterocycles. The number of halogens is 6. The van der Waals surface area contributed by atoms with Crippen LogP contribution in [-0.4, -0.2) is 10.8 Å². The maximum atomic E-state index is 12.8. The standard InChI is InChI=1S/C22H16F3NO.3BrH.Nb/c23-22(24,25)18-13-11-16(12-14-18)20(26-19-9-5-2-6-10-19)15-21(27)17-7-3-1-4-8-17;;;;/h1-15,27H;3*1H;/q;;;;+3/p-3/b21-15-,26-20?;;;;. The van der Waals surface area contributed by atoms with Crippen molar-refractivity contribution in [3.8, 4) is 0 Å². The van der Waals surface area contributed by atoms with E-state index >= 15 is 0 Å². The van der Waals surface area contributed by atoms with Crippen LogP contribution in [0.25, 0.3) is 5.76 Å². The van der Waals surface area contributed by atoms with Crippen molar-refractivity contribution in [2.75, 3.05) is 0 Å². The average molecular weight is 700 g/mol. The molecule has 9 heteroatoms. The van der Waals surface area contributed by atoms with Gasteiger partial charge in [-0.3, -0.25) is 0 Å². The molecule has 31 heavy (non-hydrogen) atoms. The first-order valence-electron chi connectivity index (χ1n) is 8.71. The molecular weight excluding hydrogens is 684 g/mol. The third-order valence-electron chi connectivity index (χ3n) is 3.86. The molecule has 1 N–H and O–H groups in total. The first-order valence-corrected chi connectivity index (χ1v) is 23.8. The summed E-state index contributed by atoms with van der Waals surface area (Å²) in [4.78, 5) is 4.49. The summed E-state index contributed by atoms with van der Waals surface area (Å²) >= 11 is 8.85. The van der Waals surface area contributed by atoms with E-state index in [9.17, 15) is 18.3 Å². The van der Waals surface area contributed by atoms with E-state index in [2.05, 4.69) is 44.1 Å². The van der Waals surface area contributed by atoms with Crippen molar-refractivity contribution in [3.05, 3.63) is 108 Å². The van der Waals surface area contributed by atoms with Crippen LogP contribution >= 0.6 is 39.1 Å². The van der Waals surface area contributed by atoms with E-state index in [-0.39, 0.29) is 5.76 Å². The summed E-state index contributed by atoms with van der Waals surface area (Å²) in [6.45, 7) is 0. The number of allylic oxidation sites excluding steroid dienone is 1. The second-order valence-corrected chi connectivity index (χ2v) is 36.4.